The Balaban J connectivity index is 0. The number of hydrogen-bond acceptors (Lipinski definition) is 0. The van der Waals surface area contributed by atoms with Crippen LogP contribution in [0.25, 0.3) is 0 Å². The summed E-state index contributed by atoms with van der Waals surface area (Å²) in [6.45, 7) is 0. The van der Waals surface area contributed by atoms with Crippen LogP contribution in [0, 0.1) is 35.6 Å². The van der Waals surface area contributed by atoms with Crippen LogP contribution in [0.2, 0.25) is 0 Å². The standard InChI is InChI=1S/La.2O.Ti.Zr/q;2*-2;;+4. The molecule has 0 atom stereocenters. The Bertz CT molecular complexity index is 9.61. The zero-order valence-corrected chi connectivity index (χ0v) is 10.0. The molecule has 0 fully saturated rings. The SMILES string of the molecule is [La].[O-2].[O-2].[Ti].[Zr+4]. The second kappa shape index (κ2) is 29.8. The molecule has 0 bridgehead atoms. The molecule has 0 N–H and O–H groups in total. The minimum Gasteiger partial charge on any atom is -2.00 e. The second-order valence-corrected chi connectivity index (χ2v) is 0. The molecule has 0 aromatic rings. The Morgan fingerprint density at radius 1 is 0.800 bits per heavy atom. The van der Waals surface area contributed by atoms with Crippen molar-refractivity contribution in [3.05, 3.63) is 0 Å². The molecule has 0 unspecified atom stereocenters. The van der Waals surface area contributed by atoms with Crippen molar-refractivity contribution in [2.75, 3.05) is 0 Å². The first-order chi connectivity index (χ1) is 0. The van der Waals surface area contributed by atoms with Crippen molar-refractivity contribution in [1.29, 1.82) is 0 Å². The third-order valence-electron chi connectivity index (χ3n) is 0. The van der Waals surface area contributed by atoms with E-state index < -0.39 is 0 Å². The molecule has 0 saturated carbocycles. The fourth-order valence-electron chi connectivity index (χ4n) is 0. The maximum absolute atomic E-state index is 0. The monoisotopic (exact) mass is 309 g/mol. The van der Waals surface area contributed by atoms with Gasteiger partial charge in [-0.15, -0.1) is 0 Å². The fourth-order valence-corrected chi connectivity index (χ4v) is 0. The van der Waals surface area contributed by atoms with Gasteiger partial charge in [-0.2, -0.15) is 0 Å². The van der Waals surface area contributed by atoms with Gasteiger partial charge in [0.15, 0.2) is 0 Å². The summed E-state index contributed by atoms with van der Waals surface area (Å²) in [5.74, 6) is 0. The molecule has 5 heteroatoms. The Morgan fingerprint density at radius 2 is 0.800 bits per heavy atom. The molecule has 1 radical (unpaired) electrons. The second-order valence-electron chi connectivity index (χ2n) is 0. The zero-order valence-electron chi connectivity index (χ0n) is 2.39. The van der Waals surface area contributed by atoms with Gasteiger partial charge < -0.3 is 11.0 Å². The smallest absolute Gasteiger partial charge is 2.00 e. The summed E-state index contributed by atoms with van der Waals surface area (Å²) in [5.41, 5.74) is 0. The van der Waals surface area contributed by atoms with E-state index in [0.717, 1.165) is 0 Å². The maximum atomic E-state index is 0. The van der Waals surface area contributed by atoms with Crippen LogP contribution in [0.1, 0.15) is 0 Å². The van der Waals surface area contributed by atoms with Gasteiger partial charge in [0.05, 0.1) is 0 Å². The zero-order chi connectivity index (χ0) is 0. The van der Waals surface area contributed by atoms with Crippen molar-refractivity contribution in [3.8, 4) is 0 Å². The number of rotatable bonds is 0. The van der Waals surface area contributed by atoms with Crippen LogP contribution in [0.15, 0.2) is 0 Å². The summed E-state index contributed by atoms with van der Waals surface area (Å²) in [6.07, 6.45) is 0. The Morgan fingerprint density at radius 3 is 0.800 bits per heavy atom. The van der Waals surface area contributed by atoms with Gasteiger partial charge in [-0.05, 0) is 0 Å². The quantitative estimate of drug-likeness (QED) is 0.555. The van der Waals surface area contributed by atoms with Gasteiger partial charge in [-0.25, -0.2) is 0 Å². The van der Waals surface area contributed by atoms with E-state index >= 15 is 0 Å². The molecule has 0 aliphatic rings. The van der Waals surface area contributed by atoms with Gasteiger partial charge in [0.25, 0.3) is 0 Å². The molecule has 0 aliphatic carbocycles. The molecular weight excluding hydrogens is 310 g/mol. The summed E-state index contributed by atoms with van der Waals surface area (Å²) < 4.78 is 0. The van der Waals surface area contributed by atoms with Crippen molar-refractivity contribution < 1.29 is 94.5 Å². The summed E-state index contributed by atoms with van der Waals surface area (Å²) >= 11 is 0. The van der Waals surface area contributed by atoms with E-state index in [1.807, 2.05) is 0 Å². The summed E-state index contributed by atoms with van der Waals surface area (Å²) in [4.78, 5) is 0. The van der Waals surface area contributed by atoms with Crippen LogP contribution in [0.3, 0.4) is 0 Å². The molecule has 0 aromatic heterocycles. The van der Waals surface area contributed by atoms with Crippen molar-refractivity contribution in [1.82, 2.24) is 0 Å². The van der Waals surface area contributed by atoms with Gasteiger partial charge in [0, 0.05) is 57.3 Å². The first kappa shape index (κ1) is 47.2. The van der Waals surface area contributed by atoms with E-state index in [0.29, 0.717) is 0 Å². The molecular formula is LaO2TiZr. The van der Waals surface area contributed by atoms with Crippen LogP contribution in [0.5, 0.6) is 0 Å². The summed E-state index contributed by atoms with van der Waals surface area (Å²) in [6, 6.07) is 0. The first-order valence-electron chi connectivity index (χ1n) is 0. The predicted octanol–water partition coefficient (Wildman–Crippen LogP) is -0.243. The molecule has 0 aliphatic heterocycles. The van der Waals surface area contributed by atoms with Gasteiger partial charge in [-0.1, -0.05) is 0 Å². The van der Waals surface area contributed by atoms with E-state index in [1.165, 1.54) is 0 Å². The van der Waals surface area contributed by atoms with Gasteiger partial charge >= 0.3 is 26.2 Å². The van der Waals surface area contributed by atoms with Crippen molar-refractivity contribution in [2.24, 2.45) is 0 Å². The average molecular weight is 310 g/mol. The largest absolute Gasteiger partial charge is 4.00 e. The molecule has 0 amide bonds. The summed E-state index contributed by atoms with van der Waals surface area (Å²) in [7, 11) is 0. The van der Waals surface area contributed by atoms with Gasteiger partial charge in [-0.3, -0.25) is 0 Å². The van der Waals surface area contributed by atoms with E-state index in [2.05, 4.69) is 0 Å². The van der Waals surface area contributed by atoms with Crippen molar-refractivity contribution in [2.45, 2.75) is 0 Å². The molecule has 0 spiro atoms. The van der Waals surface area contributed by atoms with Crippen LogP contribution >= 0.6 is 0 Å². The summed E-state index contributed by atoms with van der Waals surface area (Å²) in [5, 5.41) is 0. The van der Waals surface area contributed by atoms with Gasteiger partial charge in [0.1, 0.15) is 0 Å². The van der Waals surface area contributed by atoms with Crippen LogP contribution in [-0.2, 0) is 58.9 Å². The normalized spacial score (nSPS) is 0. The van der Waals surface area contributed by atoms with Crippen molar-refractivity contribution >= 4 is 0 Å². The third-order valence-corrected chi connectivity index (χ3v) is 0. The molecule has 0 aromatic carbocycles. The molecule has 5 heavy (non-hydrogen) atoms. The Kier molecular flexibility index (Phi) is 281. The molecule has 23 valence electrons. The molecule has 0 heterocycles. The van der Waals surface area contributed by atoms with Gasteiger partial charge in [0.2, 0.25) is 0 Å². The van der Waals surface area contributed by atoms with E-state index in [9.17, 15) is 0 Å². The average Bonchev–Trinajstić information content (AvgIpc) is 0. The minimum atomic E-state index is 0. The first-order valence-corrected chi connectivity index (χ1v) is 0. The van der Waals surface area contributed by atoms with Crippen LogP contribution in [-0.4, -0.2) is 0 Å². The fraction of sp³-hybridized carbons (Fsp3) is 0. The maximum Gasteiger partial charge on any atom is 4.00 e. The van der Waals surface area contributed by atoms with Crippen LogP contribution in [0.4, 0.5) is 0 Å². The van der Waals surface area contributed by atoms with E-state index in [1.54, 1.807) is 0 Å². The predicted molar refractivity (Wildman–Crippen MR) is 1.37 cm³/mol. The Hall–Kier alpha value is 2.71. The minimum absolute atomic E-state index is 0. The van der Waals surface area contributed by atoms with Crippen molar-refractivity contribution in [3.63, 3.8) is 0 Å². The molecule has 2 nitrogen and oxygen atoms in total. The van der Waals surface area contributed by atoms with Crippen LogP contribution < -0.4 is 0 Å². The number of hydrogen-bond donors (Lipinski definition) is 0. The topological polar surface area (TPSA) is 57.0 Å². The van der Waals surface area contributed by atoms with E-state index in [-0.39, 0.29) is 94.5 Å². The Labute approximate surface area is 92.7 Å². The molecule has 0 saturated heterocycles. The third kappa shape index (κ3) is 20.3. The molecule has 0 rings (SSSR count). The van der Waals surface area contributed by atoms with E-state index in [4.69, 9.17) is 0 Å².